The SMILES string of the molecule is Cc1ccc(C(=O)O)c(N2CCCC(F)(F)CC2)n1. The van der Waals surface area contributed by atoms with Crippen LogP contribution in [0.3, 0.4) is 0 Å². The van der Waals surface area contributed by atoms with Crippen molar-refractivity contribution in [1.29, 1.82) is 0 Å². The van der Waals surface area contributed by atoms with E-state index in [1.165, 1.54) is 6.07 Å². The van der Waals surface area contributed by atoms with E-state index < -0.39 is 11.9 Å². The van der Waals surface area contributed by atoms with Crippen molar-refractivity contribution < 1.29 is 18.7 Å². The quantitative estimate of drug-likeness (QED) is 0.897. The van der Waals surface area contributed by atoms with E-state index >= 15 is 0 Å². The average molecular weight is 270 g/mol. The van der Waals surface area contributed by atoms with Crippen molar-refractivity contribution in [2.24, 2.45) is 0 Å². The summed E-state index contributed by atoms with van der Waals surface area (Å²) in [5.74, 6) is -3.45. The second-order valence-electron chi connectivity index (χ2n) is 4.83. The van der Waals surface area contributed by atoms with Crippen molar-refractivity contribution in [2.45, 2.75) is 32.1 Å². The number of hydrogen-bond donors (Lipinski definition) is 1. The van der Waals surface area contributed by atoms with Crippen LogP contribution in [0.1, 0.15) is 35.3 Å². The Hall–Kier alpha value is -1.72. The van der Waals surface area contributed by atoms with Gasteiger partial charge in [0.05, 0.1) is 0 Å². The summed E-state index contributed by atoms with van der Waals surface area (Å²) < 4.78 is 26.7. The minimum absolute atomic E-state index is 0.0656. The van der Waals surface area contributed by atoms with E-state index in [2.05, 4.69) is 4.98 Å². The van der Waals surface area contributed by atoms with E-state index in [1.54, 1.807) is 17.9 Å². The fourth-order valence-electron chi connectivity index (χ4n) is 2.23. The standard InChI is InChI=1S/C13H16F2N2O2/c1-9-3-4-10(12(18)19)11(16-9)17-7-2-5-13(14,15)6-8-17/h3-4H,2,5-8H2,1H3,(H,18,19). The molecule has 1 aromatic rings. The van der Waals surface area contributed by atoms with Gasteiger partial charge in [0.15, 0.2) is 0 Å². The lowest BCUT2D eigenvalue weighted by molar-refractivity contribution is -0.0102. The first-order valence-electron chi connectivity index (χ1n) is 6.23. The number of carboxylic acid groups (broad SMARTS) is 1. The number of carboxylic acids is 1. The number of anilines is 1. The van der Waals surface area contributed by atoms with Gasteiger partial charge in [0.25, 0.3) is 0 Å². The van der Waals surface area contributed by atoms with Crippen LogP contribution in [0.25, 0.3) is 0 Å². The van der Waals surface area contributed by atoms with E-state index in [1.807, 2.05) is 0 Å². The minimum Gasteiger partial charge on any atom is -0.478 e. The average Bonchev–Trinajstić information content (AvgIpc) is 2.49. The molecule has 1 saturated heterocycles. The summed E-state index contributed by atoms with van der Waals surface area (Å²) in [5, 5.41) is 9.15. The molecular weight excluding hydrogens is 254 g/mol. The molecule has 19 heavy (non-hydrogen) atoms. The molecular formula is C13H16F2N2O2. The third-order valence-electron chi connectivity index (χ3n) is 3.26. The number of hydrogen-bond acceptors (Lipinski definition) is 3. The molecule has 0 spiro atoms. The molecule has 104 valence electrons. The molecule has 0 amide bonds. The van der Waals surface area contributed by atoms with Crippen LogP contribution < -0.4 is 4.90 Å². The number of halogens is 2. The van der Waals surface area contributed by atoms with E-state index in [9.17, 15) is 13.6 Å². The first-order valence-corrected chi connectivity index (χ1v) is 6.23. The monoisotopic (exact) mass is 270 g/mol. The highest BCUT2D eigenvalue weighted by Crippen LogP contribution is 2.30. The predicted octanol–water partition coefficient (Wildman–Crippen LogP) is 2.71. The highest BCUT2D eigenvalue weighted by molar-refractivity contribution is 5.93. The molecule has 0 unspecified atom stereocenters. The number of carbonyl (C=O) groups is 1. The third kappa shape index (κ3) is 3.19. The summed E-state index contributed by atoms with van der Waals surface area (Å²) in [5.41, 5.74) is 0.742. The molecule has 1 aliphatic heterocycles. The summed E-state index contributed by atoms with van der Waals surface area (Å²) in [6.45, 7) is 2.29. The first kappa shape index (κ1) is 13.7. The molecule has 0 radical (unpaired) electrons. The summed E-state index contributed by atoms with van der Waals surface area (Å²) in [4.78, 5) is 17.0. The normalized spacial score (nSPS) is 19.0. The van der Waals surface area contributed by atoms with Gasteiger partial charge >= 0.3 is 5.97 Å². The van der Waals surface area contributed by atoms with Crippen LogP contribution in [0.5, 0.6) is 0 Å². The van der Waals surface area contributed by atoms with Crippen LogP contribution in [-0.4, -0.2) is 35.1 Å². The number of aromatic carboxylic acids is 1. The van der Waals surface area contributed by atoms with Crippen molar-refractivity contribution in [2.75, 3.05) is 18.0 Å². The highest BCUT2D eigenvalue weighted by atomic mass is 19.3. The molecule has 1 aromatic heterocycles. The molecule has 0 aliphatic carbocycles. The van der Waals surface area contributed by atoms with E-state index in [-0.39, 0.29) is 24.9 Å². The maximum atomic E-state index is 13.3. The van der Waals surface area contributed by atoms with E-state index in [0.717, 1.165) is 0 Å². The molecule has 2 rings (SSSR count). The van der Waals surface area contributed by atoms with Gasteiger partial charge in [-0.2, -0.15) is 0 Å². The molecule has 0 bridgehead atoms. The summed E-state index contributed by atoms with van der Waals surface area (Å²) >= 11 is 0. The van der Waals surface area contributed by atoms with Crippen molar-refractivity contribution in [3.63, 3.8) is 0 Å². The Balaban J connectivity index is 2.30. The first-order chi connectivity index (χ1) is 8.89. The second-order valence-corrected chi connectivity index (χ2v) is 4.83. The van der Waals surface area contributed by atoms with Gasteiger partial charge in [0, 0.05) is 31.6 Å². The Labute approximate surface area is 110 Å². The smallest absolute Gasteiger partial charge is 0.339 e. The Kier molecular flexibility index (Phi) is 3.68. The molecule has 0 atom stereocenters. The lowest BCUT2D eigenvalue weighted by Gasteiger charge is -2.23. The zero-order chi connectivity index (χ0) is 14.0. The molecule has 2 heterocycles. The van der Waals surface area contributed by atoms with Gasteiger partial charge in [0.1, 0.15) is 11.4 Å². The molecule has 4 nitrogen and oxygen atoms in total. The molecule has 0 saturated carbocycles. The summed E-state index contributed by atoms with van der Waals surface area (Å²) in [7, 11) is 0. The lowest BCUT2D eigenvalue weighted by atomic mass is 10.1. The van der Waals surface area contributed by atoms with Gasteiger partial charge in [-0.15, -0.1) is 0 Å². The Morgan fingerprint density at radius 1 is 1.37 bits per heavy atom. The number of pyridine rings is 1. The van der Waals surface area contributed by atoms with E-state index in [0.29, 0.717) is 24.5 Å². The minimum atomic E-state index is -2.66. The van der Waals surface area contributed by atoms with Crippen LogP contribution in [0.2, 0.25) is 0 Å². The maximum Gasteiger partial charge on any atom is 0.339 e. The van der Waals surface area contributed by atoms with Gasteiger partial charge < -0.3 is 10.0 Å². The number of alkyl halides is 2. The predicted molar refractivity (Wildman–Crippen MR) is 66.9 cm³/mol. The lowest BCUT2D eigenvalue weighted by Crippen LogP contribution is -2.28. The van der Waals surface area contributed by atoms with Crippen molar-refractivity contribution in [1.82, 2.24) is 4.98 Å². The number of rotatable bonds is 2. The Morgan fingerprint density at radius 2 is 2.11 bits per heavy atom. The Bertz CT molecular complexity index is 492. The zero-order valence-electron chi connectivity index (χ0n) is 10.7. The number of nitrogens with zero attached hydrogens (tertiary/aromatic N) is 2. The van der Waals surface area contributed by atoms with Crippen LogP contribution in [0.15, 0.2) is 12.1 Å². The fraction of sp³-hybridized carbons (Fsp3) is 0.538. The van der Waals surface area contributed by atoms with Gasteiger partial charge in [-0.25, -0.2) is 18.6 Å². The van der Waals surface area contributed by atoms with Crippen LogP contribution in [0, 0.1) is 6.92 Å². The fourth-order valence-corrected chi connectivity index (χ4v) is 2.23. The van der Waals surface area contributed by atoms with Crippen molar-refractivity contribution in [3.05, 3.63) is 23.4 Å². The maximum absolute atomic E-state index is 13.3. The summed E-state index contributed by atoms with van der Waals surface area (Å²) in [6, 6.07) is 3.09. The van der Waals surface area contributed by atoms with Crippen LogP contribution in [0.4, 0.5) is 14.6 Å². The van der Waals surface area contributed by atoms with Gasteiger partial charge in [0.2, 0.25) is 5.92 Å². The molecule has 1 fully saturated rings. The second kappa shape index (κ2) is 5.11. The van der Waals surface area contributed by atoms with Gasteiger partial charge in [-0.3, -0.25) is 0 Å². The van der Waals surface area contributed by atoms with E-state index in [4.69, 9.17) is 5.11 Å². The van der Waals surface area contributed by atoms with Crippen molar-refractivity contribution in [3.8, 4) is 0 Å². The number of aromatic nitrogens is 1. The number of aryl methyl sites for hydroxylation is 1. The van der Waals surface area contributed by atoms with Crippen molar-refractivity contribution >= 4 is 11.8 Å². The molecule has 1 N–H and O–H groups in total. The third-order valence-corrected chi connectivity index (χ3v) is 3.26. The largest absolute Gasteiger partial charge is 0.478 e. The van der Waals surface area contributed by atoms with Crippen LogP contribution in [-0.2, 0) is 0 Å². The van der Waals surface area contributed by atoms with Crippen LogP contribution >= 0.6 is 0 Å². The van der Waals surface area contributed by atoms with Gasteiger partial charge in [-0.05, 0) is 25.5 Å². The summed E-state index contributed by atoms with van der Waals surface area (Å²) in [6.07, 6.45) is -0.0823. The van der Waals surface area contributed by atoms with Gasteiger partial charge in [-0.1, -0.05) is 0 Å². The topological polar surface area (TPSA) is 53.4 Å². The Morgan fingerprint density at radius 3 is 2.79 bits per heavy atom. The molecule has 1 aliphatic rings. The molecule has 6 heteroatoms. The zero-order valence-corrected chi connectivity index (χ0v) is 10.7. The highest BCUT2D eigenvalue weighted by Gasteiger charge is 2.32. The molecule has 0 aromatic carbocycles.